The lowest BCUT2D eigenvalue weighted by Gasteiger charge is -2.22. The minimum atomic E-state index is -0.566. The highest BCUT2D eigenvalue weighted by Gasteiger charge is 2.15. The Morgan fingerprint density at radius 2 is 2.16 bits per heavy atom. The van der Waals surface area contributed by atoms with E-state index in [1.807, 2.05) is 0 Å². The number of hydrogen-bond donors (Lipinski definition) is 1. The Morgan fingerprint density at radius 1 is 1.37 bits per heavy atom. The zero-order valence-electron chi connectivity index (χ0n) is 10.6. The normalized spacial score (nSPS) is 16.9. The summed E-state index contributed by atoms with van der Waals surface area (Å²) in [4.78, 5) is 16.3. The smallest absolute Gasteiger partial charge is 0.260 e. The Kier molecular flexibility index (Phi) is 3.29. The quantitative estimate of drug-likeness (QED) is 0.831. The molecule has 0 unspecified atom stereocenters. The zero-order valence-corrected chi connectivity index (χ0v) is 10.6. The van der Waals surface area contributed by atoms with Crippen LogP contribution in [0.2, 0.25) is 0 Å². The van der Waals surface area contributed by atoms with E-state index in [-0.39, 0.29) is 5.56 Å². The van der Waals surface area contributed by atoms with Crippen LogP contribution < -0.4 is 10.9 Å². The third-order valence-electron chi connectivity index (χ3n) is 3.65. The van der Waals surface area contributed by atoms with Crippen LogP contribution in [0, 0.1) is 11.9 Å². The Bertz CT molecular complexity index is 647. The molecule has 2 aromatic heterocycles. The molecule has 0 radical (unpaired) electrons. The number of fused-ring (bicyclic) bond motifs is 1. The van der Waals surface area contributed by atoms with Crippen LogP contribution in [0.5, 0.6) is 0 Å². The summed E-state index contributed by atoms with van der Waals surface area (Å²) in [6.45, 7) is 2.04. The Balaban J connectivity index is 1.94. The second kappa shape index (κ2) is 5.09. The first-order valence-corrected chi connectivity index (χ1v) is 6.62. The van der Waals surface area contributed by atoms with Gasteiger partial charge in [-0.05, 0) is 50.4 Å². The molecule has 3 heterocycles. The second-order valence-corrected chi connectivity index (χ2v) is 5.03. The van der Waals surface area contributed by atoms with Gasteiger partial charge in [0.2, 0.25) is 5.95 Å². The molecule has 2 aromatic rings. The van der Waals surface area contributed by atoms with Crippen LogP contribution in [0.3, 0.4) is 0 Å². The summed E-state index contributed by atoms with van der Waals surface area (Å²) in [6, 6.07) is 5.96. The van der Waals surface area contributed by atoms with Crippen LogP contribution in [0.15, 0.2) is 29.1 Å². The van der Waals surface area contributed by atoms with Gasteiger partial charge >= 0.3 is 0 Å². The third kappa shape index (κ3) is 2.51. The summed E-state index contributed by atoms with van der Waals surface area (Å²) < 4.78 is 14.6. The number of hydrogen-bond acceptors (Lipinski definition) is 3. The van der Waals surface area contributed by atoms with Crippen LogP contribution in [0.25, 0.3) is 5.65 Å². The monoisotopic (exact) mass is 261 g/mol. The van der Waals surface area contributed by atoms with Crippen molar-refractivity contribution in [3.05, 3.63) is 46.3 Å². The number of nitrogens with zero attached hydrogens (tertiary/aromatic N) is 2. The lowest BCUT2D eigenvalue weighted by atomic mass is 9.93. The van der Waals surface area contributed by atoms with Crippen LogP contribution in [-0.2, 0) is 6.42 Å². The first-order chi connectivity index (χ1) is 9.24. The molecule has 0 aromatic carbocycles. The van der Waals surface area contributed by atoms with Gasteiger partial charge in [0.15, 0.2) is 0 Å². The van der Waals surface area contributed by atoms with E-state index in [1.54, 1.807) is 12.1 Å². The number of halogens is 1. The van der Waals surface area contributed by atoms with E-state index in [1.165, 1.54) is 12.1 Å². The van der Waals surface area contributed by atoms with Crippen molar-refractivity contribution in [2.24, 2.45) is 5.92 Å². The SMILES string of the molecule is O=c1cc(CC2CCNCC2)nc2cccc(F)n12. The molecule has 5 heteroatoms. The predicted molar refractivity (Wildman–Crippen MR) is 70.7 cm³/mol. The minimum Gasteiger partial charge on any atom is -0.317 e. The van der Waals surface area contributed by atoms with Gasteiger partial charge < -0.3 is 5.32 Å². The maximum absolute atomic E-state index is 13.6. The molecule has 1 aliphatic rings. The molecule has 0 aliphatic carbocycles. The van der Waals surface area contributed by atoms with Gasteiger partial charge in [-0.15, -0.1) is 0 Å². The molecule has 0 spiro atoms. The molecule has 4 nitrogen and oxygen atoms in total. The maximum Gasteiger partial charge on any atom is 0.260 e. The predicted octanol–water partition coefficient (Wildman–Crippen LogP) is 1.38. The van der Waals surface area contributed by atoms with Crippen molar-refractivity contribution in [2.45, 2.75) is 19.3 Å². The van der Waals surface area contributed by atoms with Gasteiger partial charge in [-0.25, -0.2) is 9.38 Å². The highest BCUT2D eigenvalue weighted by molar-refractivity contribution is 5.38. The number of aromatic nitrogens is 2. The van der Waals surface area contributed by atoms with Crippen LogP contribution in [-0.4, -0.2) is 22.5 Å². The van der Waals surface area contributed by atoms with E-state index >= 15 is 0 Å². The van der Waals surface area contributed by atoms with Gasteiger partial charge in [-0.1, -0.05) is 6.07 Å². The summed E-state index contributed by atoms with van der Waals surface area (Å²) in [6.07, 6.45) is 3.00. The first-order valence-electron chi connectivity index (χ1n) is 6.62. The van der Waals surface area contributed by atoms with E-state index in [4.69, 9.17) is 0 Å². The van der Waals surface area contributed by atoms with Crippen LogP contribution in [0.1, 0.15) is 18.5 Å². The van der Waals surface area contributed by atoms with E-state index < -0.39 is 5.95 Å². The van der Waals surface area contributed by atoms with Crippen molar-refractivity contribution in [2.75, 3.05) is 13.1 Å². The molecule has 0 atom stereocenters. The summed E-state index contributed by atoms with van der Waals surface area (Å²) in [5.74, 6) is -0.00687. The number of piperidine rings is 1. The van der Waals surface area contributed by atoms with Gasteiger partial charge in [0.1, 0.15) is 5.65 Å². The van der Waals surface area contributed by atoms with Gasteiger partial charge in [-0.3, -0.25) is 4.79 Å². The Labute approximate surface area is 110 Å². The Hall–Kier alpha value is -1.75. The van der Waals surface area contributed by atoms with Crippen molar-refractivity contribution in [1.82, 2.24) is 14.7 Å². The summed E-state index contributed by atoms with van der Waals surface area (Å²) in [5.41, 5.74) is 0.811. The van der Waals surface area contributed by atoms with E-state index in [0.29, 0.717) is 11.6 Å². The summed E-state index contributed by atoms with van der Waals surface area (Å²) in [7, 11) is 0. The largest absolute Gasteiger partial charge is 0.317 e. The molecule has 19 heavy (non-hydrogen) atoms. The molecule has 1 N–H and O–H groups in total. The molecule has 100 valence electrons. The molecule has 1 aliphatic heterocycles. The Morgan fingerprint density at radius 3 is 2.95 bits per heavy atom. The molecule has 0 amide bonds. The van der Waals surface area contributed by atoms with Gasteiger partial charge in [0.05, 0.1) is 0 Å². The molecule has 1 fully saturated rings. The third-order valence-corrected chi connectivity index (χ3v) is 3.65. The molecule has 0 bridgehead atoms. The highest BCUT2D eigenvalue weighted by Crippen LogP contribution is 2.16. The van der Waals surface area contributed by atoms with Gasteiger partial charge in [0.25, 0.3) is 5.56 Å². The fourth-order valence-electron chi connectivity index (χ4n) is 2.65. The molecular weight excluding hydrogens is 245 g/mol. The molecule has 0 saturated carbocycles. The van der Waals surface area contributed by atoms with Crippen molar-refractivity contribution in [3.8, 4) is 0 Å². The lowest BCUT2D eigenvalue weighted by molar-refractivity contribution is 0.370. The molecule has 3 rings (SSSR count). The van der Waals surface area contributed by atoms with Gasteiger partial charge in [-0.2, -0.15) is 4.39 Å². The fourth-order valence-corrected chi connectivity index (χ4v) is 2.65. The van der Waals surface area contributed by atoms with Crippen molar-refractivity contribution < 1.29 is 4.39 Å². The minimum absolute atomic E-state index is 0.341. The fraction of sp³-hybridized carbons (Fsp3) is 0.429. The zero-order chi connectivity index (χ0) is 13.2. The molecule has 1 saturated heterocycles. The average molecular weight is 261 g/mol. The van der Waals surface area contributed by atoms with Crippen LogP contribution >= 0.6 is 0 Å². The standard InChI is InChI=1S/C14H16FN3O/c15-12-2-1-3-13-17-11(9-14(19)18(12)13)8-10-4-6-16-7-5-10/h1-3,9-10,16H,4-8H2. The van der Waals surface area contributed by atoms with Gasteiger partial charge in [0, 0.05) is 11.8 Å². The van der Waals surface area contributed by atoms with Crippen molar-refractivity contribution >= 4 is 5.65 Å². The van der Waals surface area contributed by atoms with Crippen LogP contribution in [0.4, 0.5) is 4.39 Å². The van der Waals surface area contributed by atoms with Crippen molar-refractivity contribution in [1.29, 1.82) is 0 Å². The van der Waals surface area contributed by atoms with E-state index in [2.05, 4.69) is 10.3 Å². The first kappa shape index (κ1) is 12.3. The lowest BCUT2D eigenvalue weighted by Crippen LogP contribution is -2.29. The van der Waals surface area contributed by atoms with Crippen molar-refractivity contribution in [3.63, 3.8) is 0 Å². The second-order valence-electron chi connectivity index (χ2n) is 5.03. The topological polar surface area (TPSA) is 46.4 Å². The summed E-state index contributed by atoms with van der Waals surface area (Å²) in [5, 5.41) is 3.31. The molecular formula is C14H16FN3O. The number of pyridine rings is 1. The summed E-state index contributed by atoms with van der Waals surface area (Å²) >= 11 is 0. The average Bonchev–Trinajstić information content (AvgIpc) is 2.39. The maximum atomic E-state index is 13.6. The van der Waals surface area contributed by atoms with E-state index in [9.17, 15) is 9.18 Å². The van der Waals surface area contributed by atoms with E-state index in [0.717, 1.165) is 42.4 Å². The highest BCUT2D eigenvalue weighted by atomic mass is 19.1. The number of rotatable bonds is 2. The number of nitrogens with one attached hydrogen (secondary N) is 1.